The molecule has 1 aliphatic rings. The molecule has 1 unspecified atom stereocenters. The van der Waals surface area contributed by atoms with Crippen LogP contribution in [0.25, 0.3) is 10.9 Å². The van der Waals surface area contributed by atoms with Crippen LogP contribution in [0.15, 0.2) is 36.4 Å². The highest BCUT2D eigenvalue weighted by molar-refractivity contribution is 5.89. The third kappa shape index (κ3) is 2.06. The molecule has 0 bridgehead atoms. The Morgan fingerprint density at radius 1 is 1.27 bits per heavy atom. The molecule has 2 heterocycles. The third-order valence-corrected chi connectivity index (χ3v) is 4.50. The normalized spacial score (nSPS) is 17.1. The van der Waals surface area contributed by atoms with Crippen molar-refractivity contribution in [2.75, 3.05) is 5.73 Å². The van der Waals surface area contributed by atoms with Crippen LogP contribution in [-0.4, -0.2) is 9.55 Å². The van der Waals surface area contributed by atoms with Gasteiger partial charge < -0.3 is 10.3 Å². The standard InChI is InChI=1S/C18H18FN3/c1-11-7-14-15-9-12(20)5-6-16(15)22(17(14)8-11)10-13-3-2-4-18(19)21-13/h2-6,9,11H,7-8,10,20H2,1H3. The molecule has 1 aromatic carbocycles. The van der Waals surface area contributed by atoms with E-state index in [1.807, 2.05) is 12.1 Å². The zero-order valence-corrected chi connectivity index (χ0v) is 12.5. The van der Waals surface area contributed by atoms with E-state index < -0.39 is 5.95 Å². The Labute approximate surface area is 128 Å². The highest BCUT2D eigenvalue weighted by atomic mass is 19.1. The maximum atomic E-state index is 13.4. The molecular weight excluding hydrogens is 277 g/mol. The predicted molar refractivity (Wildman–Crippen MR) is 86.2 cm³/mol. The summed E-state index contributed by atoms with van der Waals surface area (Å²) in [6.45, 7) is 2.86. The van der Waals surface area contributed by atoms with Gasteiger partial charge in [0, 0.05) is 22.3 Å². The van der Waals surface area contributed by atoms with Crippen molar-refractivity contribution in [1.82, 2.24) is 9.55 Å². The van der Waals surface area contributed by atoms with Crippen LogP contribution in [0.1, 0.15) is 23.9 Å². The molecule has 1 aliphatic carbocycles. The predicted octanol–water partition coefficient (Wildman–Crippen LogP) is 3.54. The first kappa shape index (κ1) is 13.3. The van der Waals surface area contributed by atoms with E-state index in [9.17, 15) is 4.39 Å². The van der Waals surface area contributed by atoms with E-state index in [1.54, 1.807) is 6.07 Å². The first-order valence-electron chi connectivity index (χ1n) is 7.62. The Balaban J connectivity index is 1.88. The number of pyridine rings is 1. The summed E-state index contributed by atoms with van der Waals surface area (Å²) in [7, 11) is 0. The Kier molecular flexibility index (Phi) is 2.93. The maximum Gasteiger partial charge on any atom is 0.213 e. The van der Waals surface area contributed by atoms with Crippen molar-refractivity contribution in [2.45, 2.75) is 26.3 Å². The average Bonchev–Trinajstić information content (AvgIpc) is 2.97. The lowest BCUT2D eigenvalue weighted by molar-refractivity contribution is 0.570. The number of nitrogen functional groups attached to an aromatic ring is 1. The molecule has 4 heteroatoms. The number of anilines is 1. The number of aromatic nitrogens is 2. The maximum absolute atomic E-state index is 13.4. The van der Waals surface area contributed by atoms with Crippen molar-refractivity contribution in [1.29, 1.82) is 0 Å². The summed E-state index contributed by atoms with van der Waals surface area (Å²) in [5.41, 5.74) is 11.4. The van der Waals surface area contributed by atoms with Crippen LogP contribution in [0.2, 0.25) is 0 Å². The summed E-state index contributed by atoms with van der Waals surface area (Å²) < 4.78 is 15.6. The van der Waals surface area contributed by atoms with Crippen molar-refractivity contribution >= 4 is 16.6 Å². The molecule has 0 spiro atoms. The molecule has 112 valence electrons. The van der Waals surface area contributed by atoms with Crippen LogP contribution in [0.4, 0.5) is 10.1 Å². The molecule has 0 aliphatic heterocycles. The van der Waals surface area contributed by atoms with Gasteiger partial charge >= 0.3 is 0 Å². The van der Waals surface area contributed by atoms with Gasteiger partial charge in [0.25, 0.3) is 0 Å². The number of rotatable bonds is 2. The Hall–Kier alpha value is -2.36. The molecule has 2 aromatic heterocycles. The van der Waals surface area contributed by atoms with E-state index in [0.29, 0.717) is 12.5 Å². The fourth-order valence-corrected chi connectivity index (χ4v) is 3.59. The van der Waals surface area contributed by atoms with E-state index in [0.717, 1.165) is 29.7 Å². The lowest BCUT2D eigenvalue weighted by Crippen LogP contribution is -2.07. The molecule has 4 rings (SSSR count). The molecule has 1 atom stereocenters. The summed E-state index contributed by atoms with van der Waals surface area (Å²) in [6, 6.07) is 11.0. The lowest BCUT2D eigenvalue weighted by Gasteiger charge is -2.10. The van der Waals surface area contributed by atoms with E-state index in [-0.39, 0.29) is 0 Å². The van der Waals surface area contributed by atoms with Crippen molar-refractivity contribution in [3.63, 3.8) is 0 Å². The van der Waals surface area contributed by atoms with Crippen molar-refractivity contribution < 1.29 is 4.39 Å². The highest BCUT2D eigenvalue weighted by Crippen LogP contribution is 2.36. The second-order valence-corrected chi connectivity index (χ2v) is 6.25. The second kappa shape index (κ2) is 4.83. The number of benzene rings is 1. The number of halogens is 1. The van der Waals surface area contributed by atoms with E-state index >= 15 is 0 Å². The topological polar surface area (TPSA) is 43.8 Å². The number of nitrogens with zero attached hydrogens (tertiary/aromatic N) is 2. The molecule has 0 amide bonds. The van der Waals surface area contributed by atoms with Gasteiger partial charge in [0.05, 0.1) is 12.2 Å². The summed E-state index contributed by atoms with van der Waals surface area (Å²) in [5, 5.41) is 1.23. The Morgan fingerprint density at radius 3 is 2.95 bits per heavy atom. The molecule has 22 heavy (non-hydrogen) atoms. The van der Waals surface area contributed by atoms with Gasteiger partial charge in [0.15, 0.2) is 0 Å². The van der Waals surface area contributed by atoms with Gasteiger partial charge in [-0.05, 0) is 54.7 Å². The molecule has 0 fully saturated rings. The quantitative estimate of drug-likeness (QED) is 0.580. The van der Waals surface area contributed by atoms with Gasteiger partial charge in [0.1, 0.15) is 0 Å². The molecule has 0 saturated heterocycles. The fraction of sp³-hybridized carbons (Fsp3) is 0.278. The van der Waals surface area contributed by atoms with Gasteiger partial charge in [-0.15, -0.1) is 0 Å². The van der Waals surface area contributed by atoms with Crippen LogP contribution < -0.4 is 5.73 Å². The van der Waals surface area contributed by atoms with E-state index in [1.165, 1.54) is 22.7 Å². The number of fused-ring (bicyclic) bond motifs is 3. The first-order chi connectivity index (χ1) is 10.6. The van der Waals surface area contributed by atoms with Crippen LogP contribution in [-0.2, 0) is 19.4 Å². The zero-order valence-electron chi connectivity index (χ0n) is 12.5. The van der Waals surface area contributed by atoms with Crippen LogP contribution in [0, 0.1) is 11.9 Å². The van der Waals surface area contributed by atoms with Gasteiger partial charge in [-0.3, -0.25) is 0 Å². The zero-order chi connectivity index (χ0) is 15.3. The molecular formula is C18H18FN3. The van der Waals surface area contributed by atoms with Crippen LogP contribution >= 0.6 is 0 Å². The van der Waals surface area contributed by atoms with Gasteiger partial charge in [-0.2, -0.15) is 4.39 Å². The molecule has 0 saturated carbocycles. The van der Waals surface area contributed by atoms with Crippen LogP contribution in [0.3, 0.4) is 0 Å². The molecule has 3 nitrogen and oxygen atoms in total. The number of hydrogen-bond donors (Lipinski definition) is 1. The lowest BCUT2D eigenvalue weighted by atomic mass is 10.1. The SMILES string of the molecule is CC1Cc2c(n(Cc3cccc(F)n3)c3ccc(N)cc23)C1. The van der Waals surface area contributed by atoms with E-state index in [4.69, 9.17) is 5.73 Å². The minimum absolute atomic E-state index is 0.428. The summed E-state index contributed by atoms with van der Waals surface area (Å²) in [5.74, 6) is 0.214. The molecule has 0 radical (unpaired) electrons. The molecule has 3 aromatic rings. The van der Waals surface area contributed by atoms with Crippen molar-refractivity contribution in [3.8, 4) is 0 Å². The van der Waals surface area contributed by atoms with Crippen LogP contribution in [0.5, 0.6) is 0 Å². The number of hydrogen-bond acceptors (Lipinski definition) is 2. The second-order valence-electron chi connectivity index (χ2n) is 6.25. The fourth-order valence-electron chi connectivity index (χ4n) is 3.59. The third-order valence-electron chi connectivity index (χ3n) is 4.50. The minimum atomic E-state index is -0.428. The van der Waals surface area contributed by atoms with Gasteiger partial charge in [-0.25, -0.2) is 4.98 Å². The Morgan fingerprint density at radius 2 is 2.14 bits per heavy atom. The smallest absolute Gasteiger partial charge is 0.213 e. The molecule has 2 N–H and O–H groups in total. The summed E-state index contributed by atoms with van der Waals surface area (Å²) >= 11 is 0. The Bertz CT molecular complexity index is 866. The van der Waals surface area contributed by atoms with E-state index in [2.05, 4.69) is 28.6 Å². The summed E-state index contributed by atoms with van der Waals surface area (Å²) in [4.78, 5) is 4.00. The monoisotopic (exact) mass is 295 g/mol. The number of nitrogens with two attached hydrogens (primary N) is 1. The van der Waals surface area contributed by atoms with Gasteiger partial charge in [-0.1, -0.05) is 13.0 Å². The largest absolute Gasteiger partial charge is 0.399 e. The first-order valence-corrected chi connectivity index (χ1v) is 7.62. The van der Waals surface area contributed by atoms with Crippen molar-refractivity contribution in [2.24, 2.45) is 5.92 Å². The highest BCUT2D eigenvalue weighted by Gasteiger charge is 2.26. The van der Waals surface area contributed by atoms with Gasteiger partial charge in [0.2, 0.25) is 5.95 Å². The minimum Gasteiger partial charge on any atom is -0.399 e. The summed E-state index contributed by atoms with van der Waals surface area (Å²) in [6.07, 6.45) is 2.14. The van der Waals surface area contributed by atoms with Crippen molar-refractivity contribution in [3.05, 3.63) is 59.3 Å². The average molecular weight is 295 g/mol.